The van der Waals surface area contributed by atoms with Crippen molar-refractivity contribution in [3.63, 3.8) is 0 Å². The van der Waals surface area contributed by atoms with Crippen molar-refractivity contribution in [2.75, 3.05) is 18.8 Å². The van der Waals surface area contributed by atoms with Gasteiger partial charge in [0.15, 0.2) is 0 Å². The van der Waals surface area contributed by atoms with Crippen LogP contribution in [0.15, 0.2) is 29.2 Å². The van der Waals surface area contributed by atoms with Crippen LogP contribution in [0.3, 0.4) is 0 Å². The van der Waals surface area contributed by atoms with Gasteiger partial charge in [-0.2, -0.15) is 0 Å². The molecular weight excluding hydrogens is 303 g/mol. The molecule has 2 rings (SSSR count). The van der Waals surface area contributed by atoms with E-state index in [1.165, 1.54) is 0 Å². The molecule has 1 fully saturated rings. The highest BCUT2D eigenvalue weighted by Gasteiger charge is 2.16. The predicted molar refractivity (Wildman–Crippen MR) is 83.5 cm³/mol. The maximum Gasteiger partial charge on any atom is 0.221 e. The van der Waals surface area contributed by atoms with Gasteiger partial charge in [0, 0.05) is 34.7 Å². The van der Waals surface area contributed by atoms with E-state index in [0.29, 0.717) is 12.5 Å². The highest BCUT2D eigenvalue weighted by Crippen LogP contribution is 2.20. The highest BCUT2D eigenvalue weighted by atomic mass is 35.5. The third-order valence-corrected chi connectivity index (χ3v) is 4.10. The van der Waals surface area contributed by atoms with E-state index in [1.807, 2.05) is 24.3 Å². The zero-order valence-corrected chi connectivity index (χ0v) is 12.9. The lowest BCUT2D eigenvalue weighted by Gasteiger charge is -2.10. The van der Waals surface area contributed by atoms with Gasteiger partial charge in [-0.1, -0.05) is 11.6 Å². The summed E-state index contributed by atoms with van der Waals surface area (Å²) in [6.07, 6.45) is 1.60. The lowest BCUT2D eigenvalue weighted by atomic mass is 10.2. The lowest BCUT2D eigenvalue weighted by molar-refractivity contribution is -0.121. The largest absolute Gasteiger partial charge is 0.352 e. The molecule has 106 valence electrons. The Morgan fingerprint density at radius 2 is 2.16 bits per heavy atom. The first kappa shape index (κ1) is 16.6. The van der Waals surface area contributed by atoms with Crippen LogP contribution in [0.2, 0.25) is 5.02 Å². The first-order valence-corrected chi connectivity index (χ1v) is 7.49. The summed E-state index contributed by atoms with van der Waals surface area (Å²) < 4.78 is 0. The van der Waals surface area contributed by atoms with Gasteiger partial charge in [-0.05, 0) is 37.2 Å². The fourth-order valence-corrected chi connectivity index (χ4v) is 2.85. The van der Waals surface area contributed by atoms with Crippen LogP contribution in [0, 0.1) is 0 Å². The number of hydrogen-bond donors (Lipinski definition) is 2. The SMILES string of the molecule is Cl.O=C(CCSc1ccc(Cl)cc1)NC1CCNC1. The number of carbonyl (C=O) groups is 1. The summed E-state index contributed by atoms with van der Waals surface area (Å²) in [5, 5.41) is 7.01. The molecule has 1 aromatic rings. The van der Waals surface area contributed by atoms with E-state index >= 15 is 0 Å². The van der Waals surface area contributed by atoms with Gasteiger partial charge in [0.05, 0.1) is 0 Å². The van der Waals surface area contributed by atoms with Crippen LogP contribution in [-0.2, 0) is 4.79 Å². The Labute approximate surface area is 129 Å². The van der Waals surface area contributed by atoms with Gasteiger partial charge in [-0.25, -0.2) is 0 Å². The van der Waals surface area contributed by atoms with Gasteiger partial charge in [0.1, 0.15) is 0 Å². The van der Waals surface area contributed by atoms with Crippen LogP contribution in [0.25, 0.3) is 0 Å². The Kier molecular flexibility index (Phi) is 7.61. The summed E-state index contributed by atoms with van der Waals surface area (Å²) in [6, 6.07) is 8.01. The van der Waals surface area contributed by atoms with E-state index in [-0.39, 0.29) is 18.3 Å². The van der Waals surface area contributed by atoms with E-state index in [9.17, 15) is 4.79 Å². The molecule has 1 amide bonds. The maximum atomic E-state index is 11.7. The number of thioether (sulfide) groups is 1. The molecule has 0 aliphatic carbocycles. The third-order valence-electron chi connectivity index (χ3n) is 2.84. The quantitative estimate of drug-likeness (QED) is 0.820. The van der Waals surface area contributed by atoms with Gasteiger partial charge in [0.2, 0.25) is 5.91 Å². The molecule has 0 bridgehead atoms. The summed E-state index contributed by atoms with van der Waals surface area (Å²) in [6.45, 7) is 1.90. The van der Waals surface area contributed by atoms with Gasteiger partial charge in [0.25, 0.3) is 0 Å². The number of rotatable bonds is 5. The zero-order chi connectivity index (χ0) is 12.8. The molecule has 1 unspecified atom stereocenters. The van der Waals surface area contributed by atoms with Crippen molar-refractivity contribution in [3.05, 3.63) is 29.3 Å². The lowest BCUT2D eigenvalue weighted by Crippen LogP contribution is -2.36. The number of nitrogens with one attached hydrogen (secondary N) is 2. The first-order valence-electron chi connectivity index (χ1n) is 6.12. The minimum Gasteiger partial charge on any atom is -0.352 e. The molecule has 1 aliphatic heterocycles. The Morgan fingerprint density at radius 1 is 1.42 bits per heavy atom. The van der Waals surface area contributed by atoms with E-state index in [4.69, 9.17) is 11.6 Å². The summed E-state index contributed by atoms with van der Waals surface area (Å²) in [4.78, 5) is 12.8. The second-order valence-electron chi connectivity index (χ2n) is 4.31. The van der Waals surface area contributed by atoms with E-state index < -0.39 is 0 Å². The second kappa shape index (κ2) is 8.69. The zero-order valence-electron chi connectivity index (χ0n) is 10.5. The Bertz CT molecular complexity index is 394. The second-order valence-corrected chi connectivity index (χ2v) is 5.91. The molecule has 0 spiro atoms. The summed E-state index contributed by atoms with van der Waals surface area (Å²) in [5.41, 5.74) is 0. The molecule has 1 atom stereocenters. The van der Waals surface area contributed by atoms with Crippen molar-refractivity contribution in [2.45, 2.75) is 23.8 Å². The molecule has 1 aromatic carbocycles. The molecule has 1 saturated heterocycles. The smallest absolute Gasteiger partial charge is 0.221 e. The molecule has 2 N–H and O–H groups in total. The van der Waals surface area contributed by atoms with Crippen LogP contribution >= 0.6 is 35.8 Å². The van der Waals surface area contributed by atoms with Crippen molar-refractivity contribution in [1.29, 1.82) is 0 Å². The Hall–Kier alpha value is -0.420. The van der Waals surface area contributed by atoms with Gasteiger partial charge >= 0.3 is 0 Å². The van der Waals surface area contributed by atoms with Crippen molar-refractivity contribution in [1.82, 2.24) is 10.6 Å². The van der Waals surface area contributed by atoms with E-state index in [0.717, 1.165) is 35.2 Å². The monoisotopic (exact) mass is 320 g/mol. The minimum absolute atomic E-state index is 0. The van der Waals surface area contributed by atoms with Crippen molar-refractivity contribution in [2.24, 2.45) is 0 Å². The number of halogens is 2. The van der Waals surface area contributed by atoms with Gasteiger partial charge in [-0.3, -0.25) is 4.79 Å². The van der Waals surface area contributed by atoms with Crippen LogP contribution < -0.4 is 10.6 Å². The van der Waals surface area contributed by atoms with Crippen LogP contribution in [0.1, 0.15) is 12.8 Å². The third kappa shape index (κ3) is 6.04. The molecule has 6 heteroatoms. The molecule has 0 aromatic heterocycles. The van der Waals surface area contributed by atoms with Crippen LogP contribution in [0.5, 0.6) is 0 Å². The van der Waals surface area contributed by atoms with Crippen molar-refractivity contribution in [3.8, 4) is 0 Å². The molecule has 1 aliphatic rings. The number of amides is 1. The minimum atomic E-state index is 0. The molecule has 0 radical (unpaired) electrons. The fraction of sp³-hybridized carbons (Fsp3) is 0.462. The number of benzene rings is 1. The Morgan fingerprint density at radius 3 is 2.79 bits per heavy atom. The standard InChI is InChI=1S/C13H17ClN2OS.ClH/c14-10-1-3-12(4-2-10)18-8-6-13(17)16-11-5-7-15-9-11;/h1-4,11,15H,5-9H2,(H,16,17);1H. The van der Waals surface area contributed by atoms with Gasteiger partial charge < -0.3 is 10.6 Å². The number of carbonyl (C=O) groups excluding carboxylic acids is 1. The number of hydrogen-bond acceptors (Lipinski definition) is 3. The van der Waals surface area contributed by atoms with Crippen molar-refractivity contribution >= 4 is 41.7 Å². The Balaban J connectivity index is 0.00000180. The van der Waals surface area contributed by atoms with E-state index in [1.54, 1.807) is 11.8 Å². The van der Waals surface area contributed by atoms with E-state index in [2.05, 4.69) is 10.6 Å². The van der Waals surface area contributed by atoms with Crippen LogP contribution in [-0.4, -0.2) is 30.8 Å². The first-order chi connectivity index (χ1) is 8.74. The van der Waals surface area contributed by atoms with Gasteiger partial charge in [-0.15, -0.1) is 24.2 Å². The molecule has 1 heterocycles. The normalized spacial score (nSPS) is 17.8. The average Bonchev–Trinajstić information content (AvgIpc) is 2.84. The van der Waals surface area contributed by atoms with Crippen LogP contribution in [0.4, 0.5) is 0 Å². The summed E-state index contributed by atoms with van der Waals surface area (Å²) in [7, 11) is 0. The summed E-state index contributed by atoms with van der Waals surface area (Å²) in [5.74, 6) is 0.943. The topological polar surface area (TPSA) is 41.1 Å². The fourth-order valence-electron chi connectivity index (χ4n) is 1.87. The highest BCUT2D eigenvalue weighted by molar-refractivity contribution is 7.99. The predicted octanol–water partition coefficient (Wildman–Crippen LogP) is 2.72. The molecule has 19 heavy (non-hydrogen) atoms. The average molecular weight is 321 g/mol. The van der Waals surface area contributed by atoms with Crippen molar-refractivity contribution < 1.29 is 4.79 Å². The molecule has 3 nitrogen and oxygen atoms in total. The molecular formula is C13H18Cl2N2OS. The summed E-state index contributed by atoms with van der Waals surface area (Å²) >= 11 is 7.49. The molecule has 0 saturated carbocycles. The maximum absolute atomic E-state index is 11.7.